The third-order valence-electron chi connectivity index (χ3n) is 6.03. The number of fused-ring (bicyclic) bond motifs is 2. The van der Waals surface area contributed by atoms with Crippen molar-refractivity contribution in [1.82, 2.24) is 0 Å². The number of hydrogen-bond acceptors (Lipinski definition) is 4. The molecule has 2 aliphatic heterocycles. The molecule has 0 aromatic heterocycles. The van der Waals surface area contributed by atoms with Gasteiger partial charge in [-0.3, -0.25) is 0 Å². The molecule has 6 heteroatoms. The summed E-state index contributed by atoms with van der Waals surface area (Å²) in [6, 6.07) is 0. The van der Waals surface area contributed by atoms with Gasteiger partial charge in [-0.2, -0.15) is 0 Å². The monoisotopic (exact) mass is 508 g/mol. The summed E-state index contributed by atoms with van der Waals surface area (Å²) in [5.74, 6) is 0.551. The second kappa shape index (κ2) is 7.63. The van der Waals surface area contributed by atoms with Crippen LogP contribution in [0.5, 0.6) is 0 Å². The van der Waals surface area contributed by atoms with Crippen LogP contribution in [0.2, 0.25) is 18.1 Å². The Morgan fingerprint density at radius 1 is 1.19 bits per heavy atom. The molecule has 0 unspecified atom stereocenters. The number of carbonyl (C=O) groups excluding carboxylic acids is 1. The molecule has 0 aromatic rings. The highest BCUT2D eigenvalue weighted by molar-refractivity contribution is 14.1. The summed E-state index contributed by atoms with van der Waals surface area (Å²) in [6.45, 7) is 19.2. The van der Waals surface area contributed by atoms with Gasteiger partial charge in [0.05, 0.1) is 15.6 Å². The van der Waals surface area contributed by atoms with Crippen LogP contribution in [0.1, 0.15) is 74.1 Å². The highest BCUT2D eigenvalue weighted by atomic mass is 127. The Labute approximate surface area is 180 Å². The van der Waals surface area contributed by atoms with Gasteiger partial charge in [0.2, 0.25) is 0 Å². The minimum absolute atomic E-state index is 0.0989. The van der Waals surface area contributed by atoms with E-state index >= 15 is 0 Å². The predicted molar refractivity (Wildman–Crippen MR) is 121 cm³/mol. The van der Waals surface area contributed by atoms with E-state index in [1.165, 1.54) is 0 Å². The van der Waals surface area contributed by atoms with E-state index in [0.29, 0.717) is 18.4 Å². The van der Waals surface area contributed by atoms with Crippen molar-refractivity contribution in [2.45, 2.75) is 114 Å². The summed E-state index contributed by atoms with van der Waals surface area (Å²) in [7, 11) is -1.88. The maximum atomic E-state index is 12.8. The van der Waals surface area contributed by atoms with Crippen molar-refractivity contribution >= 4 is 36.9 Å². The van der Waals surface area contributed by atoms with Gasteiger partial charge in [0.25, 0.3) is 0 Å². The Kier molecular flexibility index (Phi) is 6.56. The molecule has 1 saturated heterocycles. The molecule has 4 nitrogen and oxygen atoms in total. The lowest BCUT2D eigenvalue weighted by molar-refractivity contribution is -0.151. The molecular weight excluding hydrogens is 471 g/mol. The zero-order chi connectivity index (χ0) is 20.8. The molecule has 27 heavy (non-hydrogen) atoms. The lowest BCUT2D eigenvalue weighted by Crippen LogP contribution is -2.44. The number of halogens is 1. The largest absolute Gasteiger partial charge is 0.490 e. The van der Waals surface area contributed by atoms with Crippen molar-refractivity contribution in [3.63, 3.8) is 0 Å². The molecule has 0 spiro atoms. The maximum absolute atomic E-state index is 12.8. The SMILES string of the molecule is CC(C)(C)OC(=O)C1=C2C[C@@H](O[Si](C)(C)C(C)(C)C)CC[C@](C)(O2)[C@@H](I)C1. The lowest BCUT2D eigenvalue weighted by Gasteiger charge is -2.39. The van der Waals surface area contributed by atoms with Crippen molar-refractivity contribution in [2.75, 3.05) is 0 Å². The van der Waals surface area contributed by atoms with Gasteiger partial charge in [-0.15, -0.1) is 0 Å². The number of ether oxygens (including phenoxy) is 2. The standard InChI is InChI=1S/C21H37IO4Si/c1-19(2,3)25-18(23)15-13-17(22)21(7)11-10-14(12-16(15)24-21)26-27(8,9)20(4,5)6/h14,17H,10-13H2,1-9H3/t14-,17-,21-/m0/s1. The van der Waals surface area contributed by atoms with Crippen molar-refractivity contribution in [1.29, 1.82) is 0 Å². The van der Waals surface area contributed by atoms with Crippen molar-refractivity contribution in [2.24, 2.45) is 0 Å². The molecule has 2 heterocycles. The molecule has 0 amide bonds. The number of hydrogen-bond donors (Lipinski definition) is 0. The van der Waals surface area contributed by atoms with E-state index < -0.39 is 13.9 Å². The van der Waals surface area contributed by atoms with Gasteiger partial charge in [-0.1, -0.05) is 43.4 Å². The normalized spacial score (nSPS) is 29.9. The average Bonchev–Trinajstić information content (AvgIpc) is 2.58. The smallest absolute Gasteiger partial charge is 0.337 e. The zero-order valence-electron chi connectivity index (χ0n) is 18.5. The number of esters is 1. The van der Waals surface area contributed by atoms with E-state index in [-0.39, 0.29) is 26.6 Å². The van der Waals surface area contributed by atoms with Gasteiger partial charge in [0.15, 0.2) is 8.32 Å². The van der Waals surface area contributed by atoms with Crippen LogP contribution in [0.4, 0.5) is 0 Å². The third kappa shape index (κ3) is 5.50. The molecule has 156 valence electrons. The second-order valence-electron chi connectivity index (χ2n) is 10.7. The molecule has 3 atom stereocenters. The fourth-order valence-corrected chi connectivity index (χ4v) is 5.54. The molecule has 2 bridgehead atoms. The van der Waals surface area contributed by atoms with Crippen LogP contribution in [0.25, 0.3) is 0 Å². The van der Waals surface area contributed by atoms with Crippen LogP contribution in [-0.2, 0) is 18.7 Å². The Morgan fingerprint density at radius 3 is 2.30 bits per heavy atom. The topological polar surface area (TPSA) is 44.8 Å². The first-order chi connectivity index (χ1) is 12.0. The fourth-order valence-electron chi connectivity index (χ4n) is 3.28. The third-order valence-corrected chi connectivity index (χ3v) is 12.3. The summed E-state index contributed by atoms with van der Waals surface area (Å²) in [6.07, 6.45) is 3.38. The van der Waals surface area contributed by atoms with Gasteiger partial charge in [-0.25, -0.2) is 4.79 Å². The van der Waals surface area contributed by atoms with Crippen molar-refractivity contribution < 1.29 is 18.7 Å². The number of rotatable bonds is 3. The Hall–Kier alpha value is -0.0831. The summed E-state index contributed by atoms with van der Waals surface area (Å²) >= 11 is 2.43. The quantitative estimate of drug-likeness (QED) is 0.199. The molecule has 1 fully saturated rings. The Bertz CT molecular complexity index is 615. The Morgan fingerprint density at radius 2 is 1.78 bits per heavy atom. The molecule has 0 aliphatic carbocycles. The van der Waals surface area contributed by atoms with E-state index in [4.69, 9.17) is 13.9 Å². The van der Waals surface area contributed by atoms with E-state index in [1.54, 1.807) is 0 Å². The summed E-state index contributed by atoms with van der Waals surface area (Å²) in [5.41, 5.74) is -0.0477. The van der Waals surface area contributed by atoms with Crippen molar-refractivity contribution in [3.05, 3.63) is 11.3 Å². The minimum Gasteiger partial charge on any atom is -0.490 e. The maximum Gasteiger partial charge on any atom is 0.337 e. The number of carbonyl (C=O) groups is 1. The van der Waals surface area contributed by atoms with E-state index in [1.807, 2.05) is 20.8 Å². The highest BCUT2D eigenvalue weighted by Gasteiger charge is 2.47. The highest BCUT2D eigenvalue weighted by Crippen LogP contribution is 2.46. The second-order valence-corrected chi connectivity index (χ2v) is 17.0. The van der Waals surface area contributed by atoms with Crippen LogP contribution < -0.4 is 0 Å². The van der Waals surface area contributed by atoms with Gasteiger partial charge in [-0.05, 0) is 65.1 Å². The van der Waals surface area contributed by atoms with Crippen molar-refractivity contribution in [3.8, 4) is 0 Å². The average molecular weight is 509 g/mol. The number of alkyl halides is 1. The first-order valence-corrected chi connectivity index (χ1v) is 14.2. The van der Waals surface area contributed by atoms with E-state index in [0.717, 1.165) is 18.6 Å². The lowest BCUT2D eigenvalue weighted by atomic mass is 9.90. The summed E-state index contributed by atoms with van der Waals surface area (Å²) < 4.78 is 19.1. The molecular formula is C21H37IO4Si. The van der Waals surface area contributed by atoms with Crippen LogP contribution in [0, 0.1) is 0 Å². The van der Waals surface area contributed by atoms with Gasteiger partial charge >= 0.3 is 5.97 Å². The van der Waals surface area contributed by atoms with E-state index in [9.17, 15) is 4.79 Å². The minimum atomic E-state index is -1.88. The molecule has 0 radical (unpaired) electrons. The molecule has 2 aliphatic rings. The first-order valence-electron chi connectivity index (χ1n) is 10.0. The van der Waals surface area contributed by atoms with Crippen LogP contribution in [0.15, 0.2) is 11.3 Å². The first kappa shape index (κ1) is 23.2. The molecule has 0 saturated carbocycles. The van der Waals surface area contributed by atoms with Gasteiger partial charge < -0.3 is 13.9 Å². The van der Waals surface area contributed by atoms with Crippen LogP contribution in [0.3, 0.4) is 0 Å². The van der Waals surface area contributed by atoms with E-state index in [2.05, 4.69) is 63.4 Å². The van der Waals surface area contributed by atoms with Crippen LogP contribution in [-0.4, -0.2) is 35.5 Å². The fraction of sp³-hybridized carbons (Fsp3) is 0.857. The summed E-state index contributed by atoms with van der Waals surface area (Å²) in [4.78, 5) is 12.8. The summed E-state index contributed by atoms with van der Waals surface area (Å²) in [5, 5.41) is 0.160. The predicted octanol–water partition coefficient (Wildman–Crippen LogP) is 6.14. The molecule has 2 rings (SSSR count). The van der Waals surface area contributed by atoms with Crippen LogP contribution >= 0.6 is 22.6 Å². The zero-order valence-corrected chi connectivity index (χ0v) is 21.7. The van der Waals surface area contributed by atoms with Gasteiger partial charge in [0.1, 0.15) is 17.0 Å². The van der Waals surface area contributed by atoms with Gasteiger partial charge in [0, 0.05) is 6.42 Å². The Balaban J connectivity index is 2.32. The molecule has 0 aromatic carbocycles. The molecule has 0 N–H and O–H groups in total.